The Labute approximate surface area is 150 Å². The maximum absolute atomic E-state index is 12.7. The third kappa shape index (κ3) is 3.28. The van der Waals surface area contributed by atoms with Gasteiger partial charge in [0.15, 0.2) is 5.82 Å². The second-order valence-corrected chi connectivity index (χ2v) is 6.33. The van der Waals surface area contributed by atoms with E-state index in [-0.39, 0.29) is 12.1 Å². The molecule has 1 N–H and O–H groups in total. The number of hydrogen-bond donors (Lipinski definition) is 1. The number of nitrogens with zero attached hydrogens (tertiary/aromatic N) is 7. The number of aromatic nitrogens is 6. The molecule has 26 heavy (non-hydrogen) atoms. The quantitative estimate of drug-likeness (QED) is 0.773. The van der Waals surface area contributed by atoms with Crippen LogP contribution in [-0.4, -0.2) is 53.5 Å². The highest BCUT2D eigenvalue weighted by atomic mass is 16.2. The number of benzene rings is 1. The Kier molecular flexibility index (Phi) is 4.34. The zero-order valence-corrected chi connectivity index (χ0v) is 14.5. The van der Waals surface area contributed by atoms with E-state index in [9.17, 15) is 4.79 Å². The fourth-order valence-corrected chi connectivity index (χ4v) is 3.27. The first-order valence-corrected chi connectivity index (χ1v) is 8.61. The van der Waals surface area contributed by atoms with E-state index in [4.69, 9.17) is 0 Å². The van der Waals surface area contributed by atoms with Gasteiger partial charge in [0.05, 0.1) is 18.3 Å². The number of anilines is 1. The van der Waals surface area contributed by atoms with Crippen LogP contribution in [-0.2, 0) is 6.54 Å². The van der Waals surface area contributed by atoms with E-state index in [1.807, 2.05) is 53.0 Å². The summed E-state index contributed by atoms with van der Waals surface area (Å²) >= 11 is 0. The van der Waals surface area contributed by atoms with E-state index in [0.29, 0.717) is 5.82 Å². The molecule has 4 rings (SSSR count). The van der Waals surface area contributed by atoms with Crippen LogP contribution >= 0.6 is 0 Å². The number of carbonyl (C=O) groups excluding carboxylic acids is 1. The zero-order chi connectivity index (χ0) is 17.9. The van der Waals surface area contributed by atoms with Crippen LogP contribution in [0.3, 0.4) is 0 Å². The summed E-state index contributed by atoms with van der Waals surface area (Å²) in [5.74, 6) is 0.709. The zero-order valence-electron chi connectivity index (χ0n) is 14.5. The van der Waals surface area contributed by atoms with Gasteiger partial charge in [-0.2, -0.15) is 9.78 Å². The normalized spacial score (nSPS) is 16.8. The first kappa shape index (κ1) is 16.2. The molecule has 0 radical (unpaired) electrons. The summed E-state index contributed by atoms with van der Waals surface area (Å²) in [6.07, 6.45) is 5.68. The second kappa shape index (κ2) is 6.95. The minimum atomic E-state index is -0.0778. The molecule has 0 bridgehead atoms. The van der Waals surface area contributed by atoms with Gasteiger partial charge in [-0.3, -0.25) is 4.68 Å². The summed E-state index contributed by atoms with van der Waals surface area (Å²) in [6, 6.07) is 9.45. The van der Waals surface area contributed by atoms with Gasteiger partial charge in [-0.25, -0.2) is 4.79 Å². The average molecular weight is 352 g/mol. The van der Waals surface area contributed by atoms with Gasteiger partial charge in [0.25, 0.3) is 0 Å². The highest BCUT2D eigenvalue weighted by Crippen LogP contribution is 2.21. The molecule has 0 unspecified atom stereocenters. The lowest BCUT2D eigenvalue weighted by Gasteiger charge is -2.25. The maximum Gasteiger partial charge on any atom is 0.322 e. The van der Waals surface area contributed by atoms with E-state index in [1.165, 1.54) is 0 Å². The van der Waals surface area contributed by atoms with Crippen molar-refractivity contribution in [1.29, 1.82) is 0 Å². The molecule has 1 fully saturated rings. The number of rotatable bonds is 4. The van der Waals surface area contributed by atoms with E-state index in [1.54, 1.807) is 10.9 Å². The Morgan fingerprint density at radius 3 is 2.85 bits per heavy atom. The van der Waals surface area contributed by atoms with Crippen LogP contribution in [0.1, 0.15) is 18.7 Å². The van der Waals surface area contributed by atoms with E-state index < -0.39 is 0 Å². The topological polar surface area (TPSA) is 93.8 Å². The molecule has 0 spiro atoms. The first-order valence-electron chi connectivity index (χ1n) is 8.61. The first-order chi connectivity index (χ1) is 12.7. The Morgan fingerprint density at radius 2 is 2.15 bits per heavy atom. The van der Waals surface area contributed by atoms with Crippen molar-refractivity contribution < 1.29 is 4.79 Å². The van der Waals surface area contributed by atoms with Crippen LogP contribution < -0.4 is 5.32 Å². The van der Waals surface area contributed by atoms with Crippen LogP contribution in [0, 0.1) is 6.92 Å². The highest BCUT2D eigenvalue weighted by Gasteiger charge is 2.29. The lowest BCUT2D eigenvalue weighted by molar-refractivity contribution is 0.199. The van der Waals surface area contributed by atoms with Crippen LogP contribution in [0.5, 0.6) is 0 Å². The van der Waals surface area contributed by atoms with Gasteiger partial charge < -0.3 is 10.2 Å². The van der Waals surface area contributed by atoms with Crippen molar-refractivity contribution in [2.45, 2.75) is 32.4 Å². The number of carbonyl (C=O) groups is 1. The van der Waals surface area contributed by atoms with Crippen molar-refractivity contribution in [2.24, 2.45) is 0 Å². The molecule has 134 valence electrons. The van der Waals surface area contributed by atoms with Crippen LogP contribution in [0.25, 0.3) is 5.69 Å². The van der Waals surface area contributed by atoms with Gasteiger partial charge in [0.1, 0.15) is 0 Å². The number of nitrogens with one attached hydrogen (secondary N) is 1. The summed E-state index contributed by atoms with van der Waals surface area (Å²) in [5, 5.41) is 18.7. The Balaban J connectivity index is 1.41. The van der Waals surface area contributed by atoms with Crippen molar-refractivity contribution in [3.8, 4) is 5.69 Å². The SMILES string of the molecule is Cc1nnnn1-c1ccc(NC(=O)N2CCC[C@H]2Cn2cccn2)cc1. The molecule has 9 nitrogen and oxygen atoms in total. The number of tetrazole rings is 1. The molecule has 1 aromatic carbocycles. The predicted octanol–water partition coefficient (Wildman–Crippen LogP) is 1.86. The summed E-state index contributed by atoms with van der Waals surface area (Å²) in [6.45, 7) is 3.32. The maximum atomic E-state index is 12.7. The van der Waals surface area contributed by atoms with E-state index in [0.717, 1.165) is 37.3 Å². The minimum Gasteiger partial charge on any atom is -0.320 e. The van der Waals surface area contributed by atoms with Crippen molar-refractivity contribution in [3.05, 3.63) is 48.5 Å². The van der Waals surface area contributed by atoms with Gasteiger partial charge in [-0.15, -0.1) is 5.10 Å². The number of aryl methyl sites for hydroxylation is 1. The van der Waals surface area contributed by atoms with Crippen LogP contribution in [0.4, 0.5) is 10.5 Å². The number of hydrogen-bond acceptors (Lipinski definition) is 5. The monoisotopic (exact) mass is 352 g/mol. The fourth-order valence-electron chi connectivity index (χ4n) is 3.27. The van der Waals surface area contributed by atoms with Gasteiger partial charge in [0, 0.05) is 24.6 Å². The molecular formula is C17H20N8O. The largest absolute Gasteiger partial charge is 0.322 e. The molecule has 0 saturated carbocycles. The predicted molar refractivity (Wildman–Crippen MR) is 94.9 cm³/mol. The van der Waals surface area contributed by atoms with Crippen molar-refractivity contribution in [2.75, 3.05) is 11.9 Å². The fraction of sp³-hybridized carbons (Fsp3) is 0.353. The summed E-state index contributed by atoms with van der Waals surface area (Å²) in [4.78, 5) is 14.6. The van der Waals surface area contributed by atoms with Gasteiger partial charge >= 0.3 is 6.03 Å². The molecule has 3 aromatic rings. The Hall–Kier alpha value is -3.23. The molecule has 3 heterocycles. The average Bonchev–Trinajstić information content (AvgIpc) is 3.38. The summed E-state index contributed by atoms with van der Waals surface area (Å²) in [5.41, 5.74) is 1.59. The molecule has 9 heteroatoms. The molecule has 1 atom stereocenters. The van der Waals surface area contributed by atoms with Crippen LogP contribution in [0.2, 0.25) is 0 Å². The minimum absolute atomic E-state index is 0.0778. The summed E-state index contributed by atoms with van der Waals surface area (Å²) in [7, 11) is 0. The highest BCUT2D eigenvalue weighted by molar-refractivity contribution is 5.89. The van der Waals surface area contributed by atoms with Crippen molar-refractivity contribution in [3.63, 3.8) is 0 Å². The van der Waals surface area contributed by atoms with Crippen LogP contribution in [0.15, 0.2) is 42.7 Å². The molecule has 2 amide bonds. The molecular weight excluding hydrogens is 332 g/mol. The number of urea groups is 1. The Bertz CT molecular complexity index is 871. The van der Waals surface area contributed by atoms with Gasteiger partial charge in [0.2, 0.25) is 0 Å². The number of amides is 2. The molecule has 1 aliphatic rings. The third-order valence-electron chi connectivity index (χ3n) is 4.58. The lowest BCUT2D eigenvalue weighted by Crippen LogP contribution is -2.40. The van der Waals surface area contributed by atoms with Crippen molar-refractivity contribution >= 4 is 11.7 Å². The molecule has 0 aliphatic carbocycles. The Morgan fingerprint density at radius 1 is 1.31 bits per heavy atom. The standard InChI is InChI=1S/C17H20N8O/c1-13-20-21-22-25(13)15-7-5-14(6-8-15)19-17(26)24-11-2-4-16(24)12-23-10-3-9-18-23/h3,5-10,16H,2,4,11-12H2,1H3,(H,19,26)/t16-/m0/s1. The summed E-state index contributed by atoms with van der Waals surface area (Å²) < 4.78 is 3.52. The molecule has 1 saturated heterocycles. The molecule has 2 aromatic heterocycles. The van der Waals surface area contributed by atoms with Gasteiger partial charge in [-0.05, 0) is 60.5 Å². The second-order valence-electron chi connectivity index (χ2n) is 6.33. The van der Waals surface area contributed by atoms with Crippen molar-refractivity contribution in [1.82, 2.24) is 34.9 Å². The lowest BCUT2D eigenvalue weighted by atomic mass is 10.2. The van der Waals surface area contributed by atoms with E-state index in [2.05, 4.69) is 25.9 Å². The van der Waals surface area contributed by atoms with Gasteiger partial charge in [-0.1, -0.05) is 0 Å². The third-order valence-corrected chi connectivity index (χ3v) is 4.58. The number of likely N-dealkylation sites (tertiary alicyclic amines) is 1. The smallest absolute Gasteiger partial charge is 0.320 e. The van der Waals surface area contributed by atoms with E-state index >= 15 is 0 Å². The molecule has 1 aliphatic heterocycles.